The van der Waals surface area contributed by atoms with Gasteiger partial charge in [-0.3, -0.25) is 9.59 Å². The van der Waals surface area contributed by atoms with E-state index in [9.17, 15) is 14.0 Å². The molecule has 1 aliphatic rings. The number of amides is 2. The zero-order valence-corrected chi connectivity index (χ0v) is 18.9. The molecule has 1 fully saturated rings. The minimum Gasteiger partial charge on any atom is -0.375 e. The van der Waals surface area contributed by atoms with Gasteiger partial charge in [0.05, 0.1) is 35.1 Å². The molecule has 9 heteroatoms. The summed E-state index contributed by atoms with van der Waals surface area (Å²) in [5, 5.41) is 2.77. The van der Waals surface area contributed by atoms with Crippen LogP contribution in [-0.2, 0) is 20.8 Å². The lowest BCUT2D eigenvalue weighted by Crippen LogP contribution is -2.48. The number of nitrogens with zero attached hydrogens (tertiary/aromatic N) is 3. The molecule has 2 aromatic carbocycles. The predicted molar refractivity (Wildman–Crippen MR) is 122 cm³/mol. The Balaban J connectivity index is 1.75. The summed E-state index contributed by atoms with van der Waals surface area (Å²) < 4.78 is 25.9. The highest BCUT2D eigenvalue weighted by Crippen LogP contribution is 2.27. The van der Waals surface area contributed by atoms with Crippen LogP contribution in [0.2, 0.25) is 0 Å². The van der Waals surface area contributed by atoms with E-state index in [0.29, 0.717) is 41.9 Å². The number of carbonyl (C=O) groups excluding carboxylic acids is 2. The number of anilines is 1. The fraction of sp³-hybridized carbons (Fsp3) is 0.375. The van der Waals surface area contributed by atoms with Gasteiger partial charge in [-0.1, -0.05) is 12.1 Å². The number of fused-ring (bicyclic) bond motifs is 1. The summed E-state index contributed by atoms with van der Waals surface area (Å²) in [7, 11) is 1.44. The Morgan fingerprint density at radius 3 is 2.55 bits per heavy atom. The highest BCUT2D eigenvalue weighted by Gasteiger charge is 2.29. The Bertz CT molecular complexity index is 1150. The minimum absolute atomic E-state index is 0.0816. The van der Waals surface area contributed by atoms with Crippen LogP contribution < -0.4 is 5.32 Å². The van der Waals surface area contributed by atoms with Crippen molar-refractivity contribution in [3.63, 3.8) is 0 Å². The van der Waals surface area contributed by atoms with E-state index in [4.69, 9.17) is 9.47 Å². The molecular formula is C24H27FN4O4. The van der Waals surface area contributed by atoms with E-state index in [1.165, 1.54) is 19.2 Å². The van der Waals surface area contributed by atoms with Crippen LogP contribution in [0.3, 0.4) is 0 Å². The molecule has 1 N–H and O–H groups in total. The summed E-state index contributed by atoms with van der Waals surface area (Å²) in [6.07, 6.45) is 1.49. The van der Waals surface area contributed by atoms with Gasteiger partial charge in [-0.25, -0.2) is 9.37 Å². The first-order valence-corrected chi connectivity index (χ1v) is 10.8. The van der Waals surface area contributed by atoms with Crippen LogP contribution in [-0.4, -0.2) is 65.3 Å². The van der Waals surface area contributed by atoms with Crippen molar-refractivity contribution in [1.29, 1.82) is 0 Å². The molecule has 0 radical (unpaired) electrons. The van der Waals surface area contributed by atoms with Crippen LogP contribution >= 0.6 is 0 Å². The second-order valence-corrected chi connectivity index (χ2v) is 8.34. The van der Waals surface area contributed by atoms with Crippen molar-refractivity contribution in [2.24, 2.45) is 0 Å². The second kappa shape index (κ2) is 9.68. The first kappa shape index (κ1) is 22.9. The lowest BCUT2D eigenvalue weighted by atomic mass is 10.1. The number of aromatic nitrogens is 2. The molecular weight excluding hydrogens is 427 g/mol. The first-order chi connectivity index (χ1) is 15.8. The van der Waals surface area contributed by atoms with Crippen molar-refractivity contribution in [1.82, 2.24) is 14.5 Å². The lowest BCUT2D eigenvalue weighted by Gasteiger charge is -2.35. The van der Waals surface area contributed by atoms with Gasteiger partial charge in [-0.2, -0.15) is 0 Å². The average Bonchev–Trinajstić information content (AvgIpc) is 3.16. The van der Waals surface area contributed by atoms with Gasteiger partial charge in [0, 0.05) is 32.4 Å². The van der Waals surface area contributed by atoms with E-state index in [0.717, 1.165) is 5.56 Å². The molecule has 0 bridgehead atoms. The van der Waals surface area contributed by atoms with Crippen LogP contribution in [0.5, 0.6) is 0 Å². The molecule has 1 aliphatic heterocycles. The molecule has 174 valence electrons. The number of rotatable bonds is 6. The Morgan fingerprint density at radius 2 is 1.88 bits per heavy atom. The average molecular weight is 455 g/mol. The van der Waals surface area contributed by atoms with E-state index in [1.54, 1.807) is 35.5 Å². The number of benzene rings is 2. The standard InChI is InChI=1S/C24H27FN4O4/c1-15-10-28(11-16(2)33-15)24(31)20-8-19(27-22(30)13-32-3)9-21-23(20)29(14-26-21)12-17-4-6-18(25)7-5-17/h4-9,14-16H,10-13H2,1-3H3,(H,27,30)/t15-,16+. The largest absolute Gasteiger partial charge is 0.375 e. The molecule has 0 unspecified atom stereocenters. The summed E-state index contributed by atoms with van der Waals surface area (Å²) in [4.78, 5) is 32.0. The minimum atomic E-state index is -0.324. The molecule has 2 heterocycles. The Labute approximate surface area is 191 Å². The van der Waals surface area contributed by atoms with Gasteiger partial charge in [-0.05, 0) is 43.7 Å². The number of methoxy groups -OCH3 is 1. The third kappa shape index (κ3) is 5.20. The quantitative estimate of drug-likeness (QED) is 0.619. The van der Waals surface area contributed by atoms with Crippen LogP contribution in [0.4, 0.5) is 10.1 Å². The molecule has 4 rings (SSSR count). The monoisotopic (exact) mass is 454 g/mol. The topological polar surface area (TPSA) is 85.7 Å². The number of halogens is 1. The molecule has 8 nitrogen and oxygen atoms in total. The van der Waals surface area contributed by atoms with Crippen molar-refractivity contribution >= 4 is 28.5 Å². The van der Waals surface area contributed by atoms with E-state index in [-0.39, 0.29) is 36.4 Å². The summed E-state index contributed by atoms with van der Waals surface area (Å²) in [5.41, 5.74) is 3.00. The van der Waals surface area contributed by atoms with Gasteiger partial charge in [-0.15, -0.1) is 0 Å². The van der Waals surface area contributed by atoms with Gasteiger partial charge in [0.2, 0.25) is 5.91 Å². The molecule has 33 heavy (non-hydrogen) atoms. The number of hydrogen-bond donors (Lipinski definition) is 1. The zero-order valence-electron chi connectivity index (χ0n) is 18.9. The predicted octanol–water partition coefficient (Wildman–Crippen LogP) is 3.06. The number of nitrogens with one attached hydrogen (secondary N) is 1. The Hall–Kier alpha value is -3.30. The normalized spacial score (nSPS) is 18.5. The van der Waals surface area contributed by atoms with E-state index in [1.807, 2.05) is 18.4 Å². The number of ether oxygens (including phenoxy) is 2. The highest BCUT2D eigenvalue weighted by molar-refractivity contribution is 6.07. The SMILES string of the molecule is COCC(=O)Nc1cc(C(=O)N2C[C@@H](C)O[C@@H](C)C2)c2c(c1)ncn2Cc1ccc(F)cc1. The molecule has 0 aliphatic carbocycles. The van der Waals surface area contributed by atoms with Gasteiger partial charge in [0.25, 0.3) is 5.91 Å². The summed E-state index contributed by atoms with van der Waals surface area (Å²) in [6, 6.07) is 9.61. The molecule has 1 aromatic heterocycles. The third-order valence-corrected chi connectivity index (χ3v) is 5.48. The number of carbonyl (C=O) groups is 2. The molecule has 2 amide bonds. The fourth-order valence-electron chi connectivity index (χ4n) is 4.19. The van der Waals surface area contributed by atoms with Crippen LogP contribution in [0, 0.1) is 5.82 Å². The van der Waals surface area contributed by atoms with Crippen LogP contribution in [0.25, 0.3) is 11.0 Å². The highest BCUT2D eigenvalue weighted by atomic mass is 19.1. The number of morpholine rings is 1. The number of imidazole rings is 1. The van der Waals surface area contributed by atoms with Gasteiger partial charge in [0.1, 0.15) is 12.4 Å². The Kier molecular flexibility index (Phi) is 6.71. The molecule has 3 aromatic rings. The maximum Gasteiger partial charge on any atom is 0.256 e. The molecule has 1 saturated heterocycles. The van der Waals surface area contributed by atoms with Gasteiger partial charge in [0.15, 0.2) is 0 Å². The van der Waals surface area contributed by atoms with Crippen molar-refractivity contribution in [2.45, 2.75) is 32.6 Å². The maximum absolute atomic E-state index is 13.7. The summed E-state index contributed by atoms with van der Waals surface area (Å²) >= 11 is 0. The molecule has 0 saturated carbocycles. The van der Waals surface area contributed by atoms with Crippen molar-refractivity contribution in [2.75, 3.05) is 32.1 Å². The van der Waals surface area contributed by atoms with Crippen LogP contribution in [0.15, 0.2) is 42.7 Å². The summed E-state index contributed by atoms with van der Waals surface area (Å²) in [6.45, 7) is 5.13. The van der Waals surface area contributed by atoms with E-state index >= 15 is 0 Å². The van der Waals surface area contributed by atoms with Crippen molar-refractivity contribution in [3.05, 3.63) is 59.7 Å². The zero-order chi connectivity index (χ0) is 23.5. The van der Waals surface area contributed by atoms with Crippen molar-refractivity contribution < 1.29 is 23.5 Å². The lowest BCUT2D eigenvalue weighted by molar-refractivity contribution is -0.119. The first-order valence-electron chi connectivity index (χ1n) is 10.8. The van der Waals surface area contributed by atoms with E-state index in [2.05, 4.69) is 10.3 Å². The molecule has 0 spiro atoms. The Morgan fingerprint density at radius 1 is 1.18 bits per heavy atom. The number of hydrogen-bond acceptors (Lipinski definition) is 5. The van der Waals surface area contributed by atoms with Gasteiger partial charge >= 0.3 is 0 Å². The summed E-state index contributed by atoms with van der Waals surface area (Å²) in [5.74, 6) is -0.794. The van der Waals surface area contributed by atoms with E-state index < -0.39 is 0 Å². The smallest absolute Gasteiger partial charge is 0.256 e. The second-order valence-electron chi connectivity index (χ2n) is 8.34. The third-order valence-electron chi connectivity index (χ3n) is 5.48. The fourth-order valence-corrected chi connectivity index (χ4v) is 4.19. The molecule has 2 atom stereocenters. The van der Waals surface area contributed by atoms with Crippen LogP contribution in [0.1, 0.15) is 29.8 Å². The van der Waals surface area contributed by atoms with Gasteiger partial charge < -0.3 is 24.3 Å². The van der Waals surface area contributed by atoms with Crippen molar-refractivity contribution in [3.8, 4) is 0 Å². The maximum atomic E-state index is 13.7.